The van der Waals surface area contributed by atoms with Crippen molar-refractivity contribution >= 4 is 8.78 Å². The fourth-order valence-electron chi connectivity index (χ4n) is 0. The van der Waals surface area contributed by atoms with Gasteiger partial charge in [-0.1, -0.05) is 0 Å². The van der Waals surface area contributed by atoms with Crippen molar-refractivity contribution in [2.24, 2.45) is 0 Å². The van der Waals surface area contributed by atoms with Crippen LogP contribution in [0.5, 0.6) is 0 Å². The van der Waals surface area contributed by atoms with Crippen LogP contribution in [0.3, 0.4) is 0 Å². The minimum atomic E-state index is 1.32. The molecule has 0 saturated heterocycles. The average molecular weight is 53.1 g/mol. The fourth-order valence-corrected chi connectivity index (χ4v) is 0. The van der Waals surface area contributed by atoms with Gasteiger partial charge in [0.05, 0.1) is 0 Å². The molecule has 0 heterocycles. The molecule has 0 atom stereocenters. The van der Waals surface area contributed by atoms with Crippen LogP contribution in [0, 0.1) is 0 Å². The normalized spacial score (nSPS) is 5.50. The van der Waals surface area contributed by atoms with Gasteiger partial charge in [0, 0.05) is 0 Å². The molecule has 0 rings (SSSR count). The van der Waals surface area contributed by atoms with Gasteiger partial charge in [-0.05, 0) is 0 Å². The summed E-state index contributed by atoms with van der Waals surface area (Å²) in [5.74, 6) is 0. The van der Waals surface area contributed by atoms with Crippen molar-refractivity contribution in [1.29, 1.82) is 0 Å². The first-order valence-electron chi connectivity index (χ1n) is 1.91. The maximum atomic E-state index is 2.18. The van der Waals surface area contributed by atoms with E-state index in [9.17, 15) is 0 Å². The Hall–Kier alpha value is 0.169. The van der Waals surface area contributed by atoms with Crippen LogP contribution in [0.25, 0.3) is 0 Å². The van der Waals surface area contributed by atoms with E-state index in [4.69, 9.17) is 0 Å². The van der Waals surface area contributed by atoms with Crippen molar-refractivity contribution in [1.82, 2.24) is 0 Å². The standard InChI is InChI=1S/C2H5.CH3.Be/c1-2;;/h1H2,2H3;1H3;. The molecule has 4 heavy (non-hydrogen) atoms. The van der Waals surface area contributed by atoms with Crippen molar-refractivity contribution in [3.05, 3.63) is 0 Å². The molecule has 0 aromatic carbocycles. The Labute approximate surface area is 29.5 Å². The molecule has 0 aromatic rings. The summed E-state index contributed by atoms with van der Waals surface area (Å²) in [6.07, 6.45) is 1.32. The SMILES string of the molecule is [CH3][Be][CH2]C. The van der Waals surface area contributed by atoms with Crippen LogP contribution in [0.1, 0.15) is 6.92 Å². The summed E-state index contributed by atoms with van der Waals surface area (Å²) < 4.78 is 0. The molecule has 0 spiro atoms. The summed E-state index contributed by atoms with van der Waals surface area (Å²) in [6, 6.07) is 0. The Morgan fingerprint density at radius 1 is 1.75 bits per heavy atom. The molecule has 0 aromatic heterocycles. The third-order valence-corrected chi connectivity index (χ3v) is 0.500. The van der Waals surface area contributed by atoms with Crippen molar-refractivity contribution in [2.75, 3.05) is 0 Å². The van der Waals surface area contributed by atoms with E-state index in [2.05, 4.69) is 13.6 Å². The van der Waals surface area contributed by atoms with E-state index in [1.807, 2.05) is 0 Å². The van der Waals surface area contributed by atoms with Crippen LogP contribution < -0.4 is 0 Å². The second-order valence-corrected chi connectivity index (χ2v) is 1.000. The molecule has 0 aliphatic carbocycles. The molecule has 0 fully saturated rings. The molecule has 0 aliphatic rings. The molecule has 22 valence electrons. The van der Waals surface area contributed by atoms with Crippen LogP contribution in [0.15, 0.2) is 0 Å². The van der Waals surface area contributed by atoms with Crippen LogP contribution in [0.4, 0.5) is 0 Å². The Balaban J connectivity index is 1.97. The van der Waals surface area contributed by atoms with Gasteiger partial charge < -0.3 is 0 Å². The maximum absolute atomic E-state index is 2.18. The molecule has 0 aliphatic heterocycles. The summed E-state index contributed by atoms with van der Waals surface area (Å²) >= 11 is 0. The van der Waals surface area contributed by atoms with Crippen LogP contribution >= 0.6 is 0 Å². The molecule has 0 bridgehead atoms. The van der Waals surface area contributed by atoms with E-state index in [0.717, 1.165) is 0 Å². The molecule has 0 amide bonds. The van der Waals surface area contributed by atoms with Crippen LogP contribution in [-0.4, -0.2) is 8.78 Å². The van der Waals surface area contributed by atoms with Gasteiger partial charge in [-0.25, -0.2) is 0 Å². The van der Waals surface area contributed by atoms with Gasteiger partial charge in [0.25, 0.3) is 0 Å². The first-order valence-corrected chi connectivity index (χ1v) is 1.91. The Bertz CT molecular complexity index is 5.25. The molecule has 0 unspecified atom stereocenters. The van der Waals surface area contributed by atoms with Gasteiger partial charge >= 0.3 is 28.5 Å². The predicted octanol–water partition coefficient (Wildman–Crippen LogP) is 1.18. The van der Waals surface area contributed by atoms with E-state index in [0.29, 0.717) is 0 Å². The Morgan fingerprint density at radius 2 is 2.00 bits per heavy atom. The predicted molar refractivity (Wildman–Crippen MR) is 22.1 cm³/mol. The van der Waals surface area contributed by atoms with Gasteiger partial charge in [0.2, 0.25) is 0 Å². The summed E-state index contributed by atoms with van der Waals surface area (Å²) in [6.45, 7) is 4.36. The van der Waals surface area contributed by atoms with Gasteiger partial charge in [-0.3, -0.25) is 0 Å². The Kier molecular flexibility index (Phi) is 3.30. The van der Waals surface area contributed by atoms with Crippen molar-refractivity contribution < 1.29 is 0 Å². The third kappa shape index (κ3) is 2.17. The van der Waals surface area contributed by atoms with E-state index in [1.54, 1.807) is 0 Å². The first kappa shape index (κ1) is 4.17. The van der Waals surface area contributed by atoms with Crippen LogP contribution in [-0.2, 0) is 0 Å². The van der Waals surface area contributed by atoms with Crippen LogP contribution in [0.2, 0.25) is 12.8 Å². The Morgan fingerprint density at radius 3 is 2.00 bits per heavy atom. The monoisotopic (exact) mass is 53.1 g/mol. The number of rotatable bonds is 1. The molecular formula is C3H8Be. The summed E-state index contributed by atoms with van der Waals surface area (Å²) in [7, 11) is 1.32. The second kappa shape index (κ2) is 3.17. The van der Waals surface area contributed by atoms with E-state index in [1.165, 1.54) is 14.9 Å². The topological polar surface area (TPSA) is 0 Å². The van der Waals surface area contributed by atoms with Gasteiger partial charge in [-0.2, -0.15) is 0 Å². The molecule has 0 nitrogen and oxygen atoms in total. The fraction of sp³-hybridized carbons (Fsp3) is 1.00. The van der Waals surface area contributed by atoms with Gasteiger partial charge in [0.1, 0.15) is 0 Å². The zero-order valence-electron chi connectivity index (χ0n) is 3.41. The second-order valence-electron chi connectivity index (χ2n) is 1.000. The quantitative estimate of drug-likeness (QED) is 0.393. The third-order valence-electron chi connectivity index (χ3n) is 0.500. The molecule has 0 radical (unpaired) electrons. The molecule has 1 heteroatoms. The first-order chi connectivity index (χ1) is 1.91. The molecular weight excluding hydrogens is 45.0 g/mol. The number of hydrogen-bond donors (Lipinski definition) is 0. The molecule has 0 N–H and O–H groups in total. The minimum absolute atomic E-state index is 1.32. The zero-order chi connectivity index (χ0) is 3.41. The molecule has 0 saturated carbocycles. The van der Waals surface area contributed by atoms with Crippen molar-refractivity contribution in [3.63, 3.8) is 0 Å². The number of hydrogen-bond acceptors (Lipinski definition) is 0. The summed E-state index contributed by atoms with van der Waals surface area (Å²) in [5.41, 5.74) is 0. The van der Waals surface area contributed by atoms with E-state index < -0.39 is 0 Å². The van der Waals surface area contributed by atoms with Gasteiger partial charge in [-0.15, -0.1) is 0 Å². The van der Waals surface area contributed by atoms with Crippen molar-refractivity contribution in [2.45, 2.75) is 19.7 Å². The zero-order valence-corrected chi connectivity index (χ0v) is 3.41. The van der Waals surface area contributed by atoms with E-state index in [-0.39, 0.29) is 0 Å². The summed E-state index contributed by atoms with van der Waals surface area (Å²) in [5, 5.41) is 0. The van der Waals surface area contributed by atoms with Crippen molar-refractivity contribution in [3.8, 4) is 0 Å². The van der Waals surface area contributed by atoms with Gasteiger partial charge in [0.15, 0.2) is 0 Å². The average Bonchev–Trinajstić information content (AvgIpc) is 1.37. The summed E-state index contributed by atoms with van der Waals surface area (Å²) in [4.78, 5) is 0. The van der Waals surface area contributed by atoms with E-state index >= 15 is 0 Å².